The number of imide groups is 1. The van der Waals surface area contributed by atoms with Crippen molar-refractivity contribution in [3.63, 3.8) is 0 Å². The zero-order chi connectivity index (χ0) is 23.8. The molecule has 11 heteroatoms. The molecule has 4 amide bonds. The van der Waals surface area contributed by atoms with Crippen LogP contribution in [0.4, 0.5) is 4.79 Å². The number of amides is 4. The van der Waals surface area contributed by atoms with Crippen molar-refractivity contribution in [2.45, 2.75) is 45.1 Å². The quantitative estimate of drug-likeness (QED) is 0.489. The number of aryl methyl sites for hydroxylation is 1. The summed E-state index contributed by atoms with van der Waals surface area (Å²) in [4.78, 5) is 54.5. The topological polar surface area (TPSA) is 118 Å². The van der Waals surface area contributed by atoms with Gasteiger partial charge in [0, 0.05) is 10.6 Å². The van der Waals surface area contributed by atoms with Crippen molar-refractivity contribution in [3.8, 4) is 10.6 Å². The number of halogens is 1. The molecule has 1 aromatic carbocycles. The average molecular weight is 491 g/mol. The van der Waals surface area contributed by atoms with Crippen LogP contribution in [-0.2, 0) is 14.3 Å². The number of esters is 1. The van der Waals surface area contributed by atoms with E-state index in [4.69, 9.17) is 16.3 Å². The highest BCUT2D eigenvalue weighted by Crippen LogP contribution is 2.35. The third kappa shape index (κ3) is 4.72. The molecule has 0 atom stereocenters. The fourth-order valence-corrected chi connectivity index (χ4v) is 5.06. The number of carbonyl (C=O) groups excluding carboxylic acids is 4. The van der Waals surface area contributed by atoms with Crippen molar-refractivity contribution < 1.29 is 23.9 Å². The van der Waals surface area contributed by atoms with Gasteiger partial charge >= 0.3 is 12.0 Å². The van der Waals surface area contributed by atoms with E-state index >= 15 is 0 Å². The van der Waals surface area contributed by atoms with Crippen molar-refractivity contribution in [2.24, 2.45) is 5.92 Å². The number of urea groups is 1. The summed E-state index contributed by atoms with van der Waals surface area (Å²) in [7, 11) is 0. The van der Waals surface area contributed by atoms with Gasteiger partial charge in [-0.1, -0.05) is 30.7 Å². The third-order valence-corrected chi connectivity index (χ3v) is 7.37. The smallest absolute Gasteiger partial charge is 0.350 e. The SMILES string of the molecule is Cc1nc(-c2ccc(Cl)cc2)sc1C(=O)OCC(=O)NN1C(=O)NC2(CCC(C)CC2)C1=O. The van der Waals surface area contributed by atoms with E-state index < -0.39 is 36.0 Å². The number of hydrogen-bond donors (Lipinski definition) is 2. The molecule has 1 aromatic heterocycles. The molecule has 1 aliphatic heterocycles. The summed E-state index contributed by atoms with van der Waals surface area (Å²) in [5.41, 5.74) is 2.55. The van der Waals surface area contributed by atoms with Gasteiger partial charge in [-0.3, -0.25) is 15.0 Å². The van der Waals surface area contributed by atoms with Crippen LogP contribution < -0.4 is 10.7 Å². The molecule has 0 radical (unpaired) electrons. The number of thiazole rings is 1. The van der Waals surface area contributed by atoms with Crippen LogP contribution in [0, 0.1) is 12.8 Å². The van der Waals surface area contributed by atoms with Gasteiger partial charge < -0.3 is 10.1 Å². The minimum atomic E-state index is -0.967. The Morgan fingerprint density at radius 3 is 2.61 bits per heavy atom. The Hall–Kier alpha value is -2.98. The first kappa shape index (κ1) is 23.2. The Balaban J connectivity index is 1.35. The van der Waals surface area contributed by atoms with Gasteiger partial charge in [0.15, 0.2) is 6.61 Å². The molecular formula is C22H23ClN4O5S. The number of hydrogen-bond acceptors (Lipinski definition) is 7. The molecule has 1 saturated carbocycles. The molecule has 1 saturated heterocycles. The minimum absolute atomic E-state index is 0.262. The number of hydrazine groups is 1. The Labute approximate surface area is 199 Å². The lowest BCUT2D eigenvalue weighted by atomic mass is 9.77. The van der Waals surface area contributed by atoms with Crippen molar-refractivity contribution >= 4 is 46.8 Å². The van der Waals surface area contributed by atoms with Gasteiger partial charge in [0.1, 0.15) is 15.4 Å². The predicted molar refractivity (Wildman–Crippen MR) is 121 cm³/mol. The highest BCUT2D eigenvalue weighted by molar-refractivity contribution is 7.17. The number of benzene rings is 1. The van der Waals surface area contributed by atoms with Crippen LogP contribution >= 0.6 is 22.9 Å². The van der Waals surface area contributed by atoms with Crippen LogP contribution in [0.1, 0.15) is 48.0 Å². The molecule has 0 bridgehead atoms. The van der Waals surface area contributed by atoms with E-state index in [1.807, 2.05) is 0 Å². The molecule has 1 aliphatic carbocycles. The number of carbonyl (C=O) groups is 4. The zero-order valence-electron chi connectivity index (χ0n) is 18.1. The summed E-state index contributed by atoms with van der Waals surface area (Å²) < 4.78 is 5.10. The maximum absolute atomic E-state index is 12.8. The highest BCUT2D eigenvalue weighted by atomic mass is 35.5. The second-order valence-corrected chi connectivity index (χ2v) is 9.82. The lowest BCUT2D eigenvalue weighted by Crippen LogP contribution is -2.52. The van der Waals surface area contributed by atoms with Crippen molar-refractivity contribution in [1.29, 1.82) is 0 Å². The van der Waals surface area contributed by atoms with Gasteiger partial charge in [0.05, 0.1) is 5.69 Å². The van der Waals surface area contributed by atoms with E-state index in [0.717, 1.165) is 29.7 Å². The van der Waals surface area contributed by atoms with E-state index in [9.17, 15) is 19.2 Å². The van der Waals surface area contributed by atoms with E-state index in [1.165, 1.54) is 0 Å². The van der Waals surface area contributed by atoms with Crippen LogP contribution in [0.5, 0.6) is 0 Å². The van der Waals surface area contributed by atoms with Gasteiger partial charge in [-0.05, 0) is 50.7 Å². The normalized spacial score (nSPS) is 22.4. The maximum Gasteiger partial charge on any atom is 0.350 e. The fourth-order valence-electron chi connectivity index (χ4n) is 3.97. The van der Waals surface area contributed by atoms with E-state index in [-0.39, 0.29) is 4.88 Å². The number of aromatic nitrogens is 1. The van der Waals surface area contributed by atoms with Crippen LogP contribution in [0.15, 0.2) is 24.3 Å². The number of rotatable bonds is 5. The van der Waals surface area contributed by atoms with Crippen LogP contribution in [0.2, 0.25) is 5.02 Å². The molecule has 174 valence electrons. The minimum Gasteiger partial charge on any atom is -0.451 e. The first-order chi connectivity index (χ1) is 15.7. The Morgan fingerprint density at radius 1 is 1.27 bits per heavy atom. The number of nitrogens with zero attached hydrogens (tertiary/aromatic N) is 2. The molecule has 2 fully saturated rings. The number of nitrogens with one attached hydrogen (secondary N) is 2. The molecule has 0 unspecified atom stereocenters. The van der Waals surface area contributed by atoms with Gasteiger partial charge in [0.25, 0.3) is 11.8 Å². The van der Waals surface area contributed by atoms with E-state index in [1.54, 1.807) is 31.2 Å². The molecule has 4 rings (SSSR count). The fraction of sp³-hybridized carbons (Fsp3) is 0.409. The Morgan fingerprint density at radius 2 is 1.94 bits per heavy atom. The summed E-state index contributed by atoms with van der Waals surface area (Å²) in [6.45, 7) is 3.13. The monoisotopic (exact) mass is 490 g/mol. The van der Waals surface area contributed by atoms with Crippen LogP contribution in [0.25, 0.3) is 10.6 Å². The molecule has 2 aromatic rings. The Kier molecular flexibility index (Phi) is 6.40. The summed E-state index contributed by atoms with van der Waals surface area (Å²) in [6, 6.07) is 6.36. The average Bonchev–Trinajstić information content (AvgIpc) is 3.28. The van der Waals surface area contributed by atoms with Gasteiger partial charge in [0.2, 0.25) is 0 Å². The largest absolute Gasteiger partial charge is 0.451 e. The molecule has 2 N–H and O–H groups in total. The third-order valence-electron chi connectivity index (χ3n) is 5.93. The van der Waals surface area contributed by atoms with E-state index in [2.05, 4.69) is 22.7 Å². The molecule has 33 heavy (non-hydrogen) atoms. The van der Waals surface area contributed by atoms with Crippen molar-refractivity contribution in [3.05, 3.63) is 39.9 Å². The van der Waals surface area contributed by atoms with E-state index in [0.29, 0.717) is 39.5 Å². The summed E-state index contributed by atoms with van der Waals surface area (Å²) in [6.07, 6.45) is 2.69. The number of ether oxygens (including phenoxy) is 1. The first-order valence-corrected chi connectivity index (χ1v) is 11.7. The van der Waals surface area contributed by atoms with Gasteiger partial charge in [-0.25, -0.2) is 14.6 Å². The Bertz CT molecular complexity index is 1110. The van der Waals surface area contributed by atoms with Crippen LogP contribution in [0.3, 0.4) is 0 Å². The van der Waals surface area contributed by atoms with Gasteiger partial charge in [-0.15, -0.1) is 11.3 Å². The molecule has 9 nitrogen and oxygen atoms in total. The standard InChI is InChI=1S/C22H23ClN4O5S/c1-12-7-9-22(10-8-12)20(30)27(21(31)25-22)26-16(28)11-32-19(29)17-13(2)24-18(33-17)14-3-5-15(23)6-4-14/h3-6,12H,7-11H2,1-2H3,(H,25,31)(H,26,28). The zero-order valence-corrected chi connectivity index (χ0v) is 19.7. The molecular weight excluding hydrogens is 468 g/mol. The maximum atomic E-state index is 12.8. The van der Waals surface area contributed by atoms with Crippen molar-refractivity contribution in [2.75, 3.05) is 6.61 Å². The molecule has 2 heterocycles. The lowest BCUT2D eigenvalue weighted by molar-refractivity contribution is -0.141. The molecule has 2 aliphatic rings. The highest BCUT2D eigenvalue weighted by Gasteiger charge is 2.52. The second-order valence-electron chi connectivity index (χ2n) is 8.39. The summed E-state index contributed by atoms with van der Waals surface area (Å²) >= 11 is 7.04. The lowest BCUT2D eigenvalue weighted by Gasteiger charge is -2.33. The first-order valence-electron chi connectivity index (χ1n) is 10.6. The van der Waals surface area contributed by atoms with Crippen LogP contribution in [-0.4, -0.2) is 46.0 Å². The summed E-state index contributed by atoms with van der Waals surface area (Å²) in [5, 5.41) is 4.61. The van der Waals surface area contributed by atoms with Gasteiger partial charge in [-0.2, -0.15) is 5.01 Å². The predicted octanol–water partition coefficient (Wildman–Crippen LogP) is 3.46. The second kappa shape index (κ2) is 9.11. The molecule has 1 spiro atoms. The summed E-state index contributed by atoms with van der Waals surface area (Å²) in [5.74, 6) is -1.49. The van der Waals surface area contributed by atoms with Crippen molar-refractivity contribution in [1.82, 2.24) is 20.7 Å².